The molecule has 0 N–H and O–H groups in total. The number of hydrogen-bond donors (Lipinski definition) is 0. The molecule has 0 aliphatic carbocycles. The van der Waals surface area contributed by atoms with Crippen LogP contribution in [0.3, 0.4) is 0 Å². The Bertz CT molecular complexity index is 530. The second-order valence-electron chi connectivity index (χ2n) is 3.90. The van der Waals surface area contributed by atoms with Gasteiger partial charge in [-0.3, -0.25) is 0 Å². The summed E-state index contributed by atoms with van der Waals surface area (Å²) in [6, 6.07) is 13.1. The van der Waals surface area contributed by atoms with Crippen LogP contribution in [0.4, 0.5) is 0 Å². The van der Waals surface area contributed by atoms with Crippen LogP contribution in [0.2, 0.25) is 0 Å². The molecule has 0 amide bonds. The number of rotatable bonds is 1. The predicted molar refractivity (Wildman–Crippen MR) is 86.8 cm³/mol. The molecule has 0 aliphatic rings. The van der Waals surface area contributed by atoms with Gasteiger partial charge in [0.15, 0.2) is 0 Å². The fraction of sp³-hybridized carbons (Fsp3) is 0.143. The van der Waals surface area contributed by atoms with Crippen LogP contribution in [0.15, 0.2) is 36.4 Å². The lowest BCUT2D eigenvalue weighted by Gasteiger charge is -2.10. The first-order valence-corrected chi connectivity index (χ1v) is 7.27. The molecule has 2 heteroatoms. The fourth-order valence-corrected chi connectivity index (χ4v) is 2.87. The van der Waals surface area contributed by atoms with Gasteiger partial charge in [0.05, 0.1) is 0 Å². The third-order valence-electron chi connectivity index (χ3n) is 2.68. The molecule has 2 aromatic carbocycles. The van der Waals surface area contributed by atoms with Gasteiger partial charge in [0.25, 0.3) is 0 Å². The van der Waals surface area contributed by atoms with Crippen molar-refractivity contribution in [3.63, 3.8) is 0 Å². The molecule has 0 atom stereocenters. The van der Waals surface area contributed by atoms with E-state index >= 15 is 0 Å². The maximum atomic E-state index is 2.41. The van der Waals surface area contributed by atoms with Crippen molar-refractivity contribution in [1.82, 2.24) is 0 Å². The fourth-order valence-electron chi connectivity index (χ4n) is 1.74. The summed E-state index contributed by atoms with van der Waals surface area (Å²) in [4.78, 5) is 0. The SMILES string of the molecule is Cc1ccc(I)c(-c2cccc(I)c2C)c1. The van der Waals surface area contributed by atoms with E-state index in [2.05, 4.69) is 95.4 Å². The van der Waals surface area contributed by atoms with Gasteiger partial charge in [-0.05, 0) is 87.9 Å². The Morgan fingerprint density at radius 2 is 1.56 bits per heavy atom. The van der Waals surface area contributed by atoms with E-state index in [0.29, 0.717) is 0 Å². The van der Waals surface area contributed by atoms with E-state index in [9.17, 15) is 0 Å². The van der Waals surface area contributed by atoms with Gasteiger partial charge in [-0.25, -0.2) is 0 Å². The van der Waals surface area contributed by atoms with Crippen molar-refractivity contribution in [2.45, 2.75) is 13.8 Å². The van der Waals surface area contributed by atoms with Crippen LogP contribution < -0.4 is 0 Å². The highest BCUT2D eigenvalue weighted by molar-refractivity contribution is 14.1. The average Bonchev–Trinajstić information content (AvgIpc) is 2.26. The molecular weight excluding hydrogens is 422 g/mol. The summed E-state index contributed by atoms with van der Waals surface area (Å²) in [7, 11) is 0. The van der Waals surface area contributed by atoms with Gasteiger partial charge in [-0.1, -0.05) is 29.8 Å². The molecule has 0 radical (unpaired) electrons. The highest BCUT2D eigenvalue weighted by atomic mass is 127. The van der Waals surface area contributed by atoms with Crippen LogP contribution in [-0.4, -0.2) is 0 Å². The van der Waals surface area contributed by atoms with Gasteiger partial charge >= 0.3 is 0 Å². The van der Waals surface area contributed by atoms with E-state index in [-0.39, 0.29) is 0 Å². The second kappa shape index (κ2) is 5.04. The summed E-state index contributed by atoms with van der Waals surface area (Å²) < 4.78 is 2.64. The lowest BCUT2D eigenvalue weighted by molar-refractivity contribution is 1.39. The average molecular weight is 434 g/mol. The van der Waals surface area contributed by atoms with Crippen LogP contribution in [0, 0.1) is 21.0 Å². The van der Waals surface area contributed by atoms with Crippen LogP contribution in [0.1, 0.15) is 11.1 Å². The largest absolute Gasteiger partial charge is 0.0606 e. The third kappa shape index (κ3) is 2.42. The lowest BCUT2D eigenvalue weighted by Crippen LogP contribution is -1.90. The van der Waals surface area contributed by atoms with Crippen molar-refractivity contribution >= 4 is 45.2 Å². The van der Waals surface area contributed by atoms with Gasteiger partial charge in [0, 0.05) is 7.14 Å². The number of benzene rings is 2. The van der Waals surface area contributed by atoms with Crippen LogP contribution in [0.25, 0.3) is 11.1 Å². The summed E-state index contributed by atoms with van der Waals surface area (Å²) in [6.07, 6.45) is 0. The summed E-state index contributed by atoms with van der Waals surface area (Å²) in [6.45, 7) is 4.33. The van der Waals surface area contributed by atoms with Crippen LogP contribution in [-0.2, 0) is 0 Å². The van der Waals surface area contributed by atoms with E-state index in [0.717, 1.165) is 0 Å². The van der Waals surface area contributed by atoms with Gasteiger partial charge in [0.1, 0.15) is 0 Å². The maximum Gasteiger partial charge on any atom is 0.0209 e. The molecule has 0 aromatic heterocycles. The highest BCUT2D eigenvalue weighted by Gasteiger charge is 2.07. The smallest absolute Gasteiger partial charge is 0.0209 e. The van der Waals surface area contributed by atoms with Gasteiger partial charge < -0.3 is 0 Å². The molecule has 16 heavy (non-hydrogen) atoms. The number of aryl methyl sites for hydroxylation is 1. The summed E-state index contributed by atoms with van der Waals surface area (Å²) in [5.41, 5.74) is 5.37. The molecule has 2 rings (SSSR count). The molecular formula is C14H12I2. The monoisotopic (exact) mass is 434 g/mol. The van der Waals surface area contributed by atoms with E-state index in [1.807, 2.05) is 0 Å². The summed E-state index contributed by atoms with van der Waals surface area (Å²) in [5, 5.41) is 0. The molecule has 0 saturated carbocycles. The third-order valence-corrected chi connectivity index (χ3v) is 4.79. The Balaban J connectivity index is 2.67. The Kier molecular flexibility index (Phi) is 3.89. The Morgan fingerprint density at radius 1 is 0.812 bits per heavy atom. The van der Waals surface area contributed by atoms with Crippen molar-refractivity contribution in [1.29, 1.82) is 0 Å². The van der Waals surface area contributed by atoms with Gasteiger partial charge in [0.2, 0.25) is 0 Å². The Hall–Kier alpha value is -0.100. The maximum absolute atomic E-state index is 2.41. The zero-order chi connectivity index (χ0) is 11.7. The molecule has 0 fully saturated rings. The molecule has 0 heterocycles. The van der Waals surface area contributed by atoms with E-state index in [1.54, 1.807) is 0 Å². The molecule has 0 spiro atoms. The Morgan fingerprint density at radius 3 is 2.31 bits per heavy atom. The number of halogens is 2. The molecule has 0 aliphatic heterocycles. The molecule has 82 valence electrons. The van der Waals surface area contributed by atoms with Crippen molar-refractivity contribution < 1.29 is 0 Å². The molecule has 0 bridgehead atoms. The van der Waals surface area contributed by atoms with E-state index in [1.165, 1.54) is 29.4 Å². The quantitative estimate of drug-likeness (QED) is 0.543. The van der Waals surface area contributed by atoms with Crippen molar-refractivity contribution in [2.24, 2.45) is 0 Å². The predicted octanol–water partition coefficient (Wildman–Crippen LogP) is 5.18. The van der Waals surface area contributed by atoms with Crippen molar-refractivity contribution in [3.8, 4) is 11.1 Å². The van der Waals surface area contributed by atoms with Crippen molar-refractivity contribution in [3.05, 3.63) is 54.7 Å². The molecule has 2 aromatic rings. The van der Waals surface area contributed by atoms with Gasteiger partial charge in [-0.15, -0.1) is 0 Å². The lowest BCUT2D eigenvalue weighted by atomic mass is 9.99. The minimum Gasteiger partial charge on any atom is -0.0606 e. The zero-order valence-electron chi connectivity index (χ0n) is 9.22. The zero-order valence-corrected chi connectivity index (χ0v) is 13.5. The Labute approximate surface area is 124 Å². The minimum atomic E-state index is 1.31. The van der Waals surface area contributed by atoms with E-state index in [4.69, 9.17) is 0 Å². The molecule has 0 saturated heterocycles. The molecule has 0 unspecified atom stereocenters. The highest BCUT2D eigenvalue weighted by Crippen LogP contribution is 2.30. The van der Waals surface area contributed by atoms with Crippen molar-refractivity contribution in [2.75, 3.05) is 0 Å². The first-order valence-electron chi connectivity index (χ1n) is 5.11. The first kappa shape index (κ1) is 12.4. The van der Waals surface area contributed by atoms with Crippen LogP contribution >= 0.6 is 45.2 Å². The standard InChI is InChI=1S/C14H12I2/c1-9-6-7-14(16)12(8-9)11-4-3-5-13(15)10(11)2/h3-8H,1-2H3. The first-order chi connectivity index (χ1) is 7.59. The summed E-state index contributed by atoms with van der Waals surface area (Å²) in [5.74, 6) is 0. The minimum absolute atomic E-state index is 1.31. The van der Waals surface area contributed by atoms with Crippen LogP contribution in [0.5, 0.6) is 0 Å². The number of hydrogen-bond acceptors (Lipinski definition) is 0. The topological polar surface area (TPSA) is 0 Å². The second-order valence-corrected chi connectivity index (χ2v) is 6.22. The normalized spacial score (nSPS) is 10.5. The van der Waals surface area contributed by atoms with E-state index < -0.39 is 0 Å². The molecule has 0 nitrogen and oxygen atoms in total. The summed E-state index contributed by atoms with van der Waals surface area (Å²) >= 11 is 4.80. The van der Waals surface area contributed by atoms with Gasteiger partial charge in [-0.2, -0.15) is 0 Å².